The number of hydrogen-bond donors (Lipinski definition) is 9. The Morgan fingerprint density at radius 2 is 1.70 bits per heavy atom. The first-order chi connectivity index (χ1) is 21.6. The third-order valence-corrected chi connectivity index (χ3v) is 10.1. The van der Waals surface area contributed by atoms with Crippen molar-refractivity contribution >= 4 is 43.8 Å². The molecule has 4 aromatic heterocycles. The van der Waals surface area contributed by atoms with Crippen molar-refractivity contribution in [3.8, 4) is 0 Å². The molecule has 2 aliphatic rings. The number of hydrogen-bond acceptors (Lipinski definition) is 18. The Morgan fingerprint density at radius 3 is 2.41 bits per heavy atom. The second-order valence-corrected chi connectivity index (χ2v) is 13.5. The van der Waals surface area contributed by atoms with E-state index in [1.807, 2.05) is 0 Å². The molecule has 6 rings (SSSR count). The first-order valence-corrected chi connectivity index (χ1v) is 16.2. The number of nitrogens with one attached hydrogen (secondary N) is 2. The summed E-state index contributed by atoms with van der Waals surface area (Å²) >= 11 is 0. The first-order valence-electron chi connectivity index (χ1n) is 13.2. The smallest absolute Gasteiger partial charge is 0.387 e. The number of phosphoric ester groups is 2. The lowest BCUT2D eigenvalue weighted by Gasteiger charge is -2.29. The number of fused-ring (bicyclic) bond motifs is 2. The molecule has 2 fully saturated rings. The van der Waals surface area contributed by atoms with Crippen LogP contribution in [0.1, 0.15) is 13.2 Å². The van der Waals surface area contributed by atoms with Gasteiger partial charge in [0.1, 0.15) is 60.3 Å². The Morgan fingerprint density at radius 1 is 1.00 bits per heavy atom. The SMILES string of the molecule is C[C@]1(n2cnc3c(N)ncnc32)O[C@@H](COP(=O)(O)OP(=O)(O)OC[C@H]2O[C@@H](n3cnc4nc[nH]c4c3=N)C(O)[C@H]2O)C(O)[C@H]1O. The zero-order valence-electron chi connectivity index (χ0n) is 23.4. The number of aliphatic hydroxyl groups excluding tert-OH is 4. The average Bonchev–Trinajstić information content (AvgIpc) is 3.76. The fourth-order valence-electron chi connectivity index (χ4n) is 5.14. The largest absolute Gasteiger partial charge is 0.481 e. The molecule has 0 aromatic carbocycles. The summed E-state index contributed by atoms with van der Waals surface area (Å²) < 4.78 is 52.5. The number of aromatic amines is 1. The maximum atomic E-state index is 12.5. The number of H-pyrrole nitrogens is 1. The number of aliphatic hydroxyl groups is 4. The summed E-state index contributed by atoms with van der Waals surface area (Å²) in [5, 5.41) is 50.6. The zero-order chi connectivity index (χ0) is 33.2. The molecule has 46 heavy (non-hydrogen) atoms. The number of rotatable bonds is 10. The van der Waals surface area contributed by atoms with Crippen LogP contribution in [0.2, 0.25) is 0 Å². The molecule has 0 radical (unpaired) electrons. The van der Waals surface area contributed by atoms with E-state index in [9.17, 15) is 39.3 Å². The molecule has 23 nitrogen and oxygen atoms in total. The van der Waals surface area contributed by atoms with E-state index in [4.69, 9.17) is 29.7 Å². The minimum Gasteiger partial charge on any atom is -0.387 e. The Balaban J connectivity index is 1.06. The van der Waals surface area contributed by atoms with Crippen molar-refractivity contribution < 1.29 is 62.2 Å². The van der Waals surface area contributed by atoms with Gasteiger partial charge in [-0.2, -0.15) is 4.31 Å². The van der Waals surface area contributed by atoms with Crippen LogP contribution in [0.25, 0.3) is 22.3 Å². The van der Waals surface area contributed by atoms with E-state index in [1.54, 1.807) is 0 Å². The van der Waals surface area contributed by atoms with Crippen molar-refractivity contribution in [3.63, 3.8) is 0 Å². The highest BCUT2D eigenvalue weighted by Crippen LogP contribution is 2.61. The number of ether oxygens (including phenoxy) is 2. The normalized spacial score (nSPS) is 32.6. The molecule has 10 atom stereocenters. The van der Waals surface area contributed by atoms with Crippen LogP contribution in [-0.4, -0.2) is 119 Å². The van der Waals surface area contributed by atoms with Crippen molar-refractivity contribution in [1.29, 1.82) is 5.41 Å². The van der Waals surface area contributed by atoms with Crippen molar-refractivity contribution in [2.75, 3.05) is 18.9 Å². The van der Waals surface area contributed by atoms with E-state index in [-0.39, 0.29) is 33.6 Å². The van der Waals surface area contributed by atoms with Crippen molar-refractivity contribution in [2.24, 2.45) is 0 Å². The second-order valence-electron chi connectivity index (χ2n) is 10.5. The molecule has 0 saturated carbocycles. The highest BCUT2D eigenvalue weighted by Gasteiger charge is 2.54. The standard InChI is InChI=1S/C21H28N10O13P2/c1-21(31-7-28-10-16(22)25-5-27-19(10)31)15(35)13(33)9(43-21)3-41-46(38,39)44-45(36,37)40-2-8-12(32)14(34)20(42-8)30-6-29-18-11(17(30)23)24-4-26-18/h4-9,12-15,20,23,32-35H,2-3H2,1H3,(H,24,26)(H,36,37)(H,38,39)(H2,22,25,27)/t8-,9+,12+,13?,14?,15-,20-,21+/m1/s1. The maximum Gasteiger partial charge on any atom is 0.481 e. The highest BCUT2D eigenvalue weighted by atomic mass is 31.3. The molecule has 2 saturated heterocycles. The number of imidazole rings is 2. The molecule has 4 aromatic rings. The number of anilines is 1. The van der Waals surface area contributed by atoms with Gasteiger partial charge < -0.3 is 50.4 Å². The Hall–Kier alpha value is -3.28. The maximum absolute atomic E-state index is 12.5. The molecular formula is C21H28N10O13P2. The number of phosphoric acid groups is 2. The lowest BCUT2D eigenvalue weighted by Crippen LogP contribution is -2.43. The van der Waals surface area contributed by atoms with Gasteiger partial charge in [-0.3, -0.25) is 23.6 Å². The molecule has 0 aliphatic carbocycles. The third-order valence-electron chi connectivity index (χ3n) is 7.52. The number of nitrogens with zero attached hydrogens (tertiary/aromatic N) is 7. The molecule has 250 valence electrons. The van der Waals surface area contributed by atoms with Gasteiger partial charge in [0, 0.05) is 0 Å². The fraction of sp³-hybridized carbons (Fsp3) is 0.524. The molecule has 10 N–H and O–H groups in total. The van der Waals surface area contributed by atoms with Crippen LogP contribution in [0, 0.1) is 5.41 Å². The quantitative estimate of drug-likeness (QED) is 0.0765. The van der Waals surface area contributed by atoms with Gasteiger partial charge in [0.15, 0.2) is 34.6 Å². The van der Waals surface area contributed by atoms with E-state index in [2.05, 4.69) is 34.2 Å². The van der Waals surface area contributed by atoms with Gasteiger partial charge in [-0.1, -0.05) is 0 Å². The summed E-state index contributed by atoms with van der Waals surface area (Å²) in [6.45, 7) is -0.454. The van der Waals surface area contributed by atoms with Gasteiger partial charge >= 0.3 is 15.6 Å². The summed E-state index contributed by atoms with van der Waals surface area (Å²) in [7, 11) is -10.8. The minimum atomic E-state index is -5.40. The molecule has 4 unspecified atom stereocenters. The predicted molar refractivity (Wildman–Crippen MR) is 147 cm³/mol. The molecule has 0 spiro atoms. The monoisotopic (exact) mass is 690 g/mol. The average molecular weight is 690 g/mol. The molecule has 2 aliphatic heterocycles. The topological polar surface area (TPSA) is 342 Å². The number of aromatic nitrogens is 8. The molecule has 25 heteroatoms. The van der Waals surface area contributed by atoms with Crippen molar-refractivity contribution in [1.82, 2.24) is 39.0 Å². The lowest BCUT2D eigenvalue weighted by atomic mass is 10.0. The van der Waals surface area contributed by atoms with Crippen LogP contribution < -0.4 is 11.2 Å². The van der Waals surface area contributed by atoms with Crippen molar-refractivity contribution in [2.45, 2.75) is 55.5 Å². The predicted octanol–water partition coefficient (Wildman–Crippen LogP) is -2.68. The number of nitrogens with two attached hydrogens (primary N) is 1. The molecular weight excluding hydrogens is 662 g/mol. The second kappa shape index (κ2) is 11.8. The fourth-order valence-corrected chi connectivity index (χ4v) is 7.23. The Kier molecular flexibility index (Phi) is 8.34. The van der Waals surface area contributed by atoms with Crippen molar-refractivity contribution in [3.05, 3.63) is 30.8 Å². The Labute approximate surface area is 255 Å². The third kappa shape index (κ3) is 5.75. The van der Waals surface area contributed by atoms with Crippen LogP contribution in [-0.2, 0) is 37.7 Å². The van der Waals surface area contributed by atoms with Gasteiger partial charge in [-0.25, -0.2) is 34.0 Å². The Bertz CT molecular complexity index is 1920. The van der Waals surface area contributed by atoms with Crippen LogP contribution in [0.5, 0.6) is 0 Å². The summed E-state index contributed by atoms with van der Waals surface area (Å²) in [5.41, 5.74) is 4.65. The van der Waals surface area contributed by atoms with Gasteiger partial charge in [-0.05, 0) is 6.92 Å². The molecule has 6 heterocycles. The van der Waals surface area contributed by atoms with Crippen LogP contribution >= 0.6 is 15.6 Å². The molecule has 0 bridgehead atoms. The van der Waals surface area contributed by atoms with E-state index in [0.29, 0.717) is 0 Å². The van der Waals surface area contributed by atoms with E-state index >= 15 is 0 Å². The summed E-state index contributed by atoms with van der Waals surface area (Å²) in [6, 6.07) is 0. The van der Waals surface area contributed by atoms with E-state index in [0.717, 1.165) is 17.2 Å². The summed E-state index contributed by atoms with van der Waals surface area (Å²) in [4.78, 5) is 42.8. The molecule has 0 amide bonds. The van der Waals surface area contributed by atoms with E-state index < -0.39 is 77.4 Å². The van der Waals surface area contributed by atoms with Gasteiger partial charge in [-0.15, -0.1) is 0 Å². The highest BCUT2D eigenvalue weighted by molar-refractivity contribution is 7.61. The van der Waals surface area contributed by atoms with Gasteiger partial charge in [0.25, 0.3) is 0 Å². The van der Waals surface area contributed by atoms with Crippen LogP contribution in [0.3, 0.4) is 0 Å². The summed E-state index contributed by atoms with van der Waals surface area (Å²) in [6.07, 6.45) is -6.12. The van der Waals surface area contributed by atoms with Gasteiger partial charge in [0.2, 0.25) is 0 Å². The van der Waals surface area contributed by atoms with Gasteiger partial charge in [0.05, 0.1) is 25.9 Å². The first kappa shape index (κ1) is 32.7. The zero-order valence-corrected chi connectivity index (χ0v) is 25.2. The number of nitrogen functional groups attached to an aromatic ring is 1. The van der Waals surface area contributed by atoms with Crippen LogP contribution in [0.4, 0.5) is 5.82 Å². The van der Waals surface area contributed by atoms with E-state index in [1.165, 1.54) is 24.1 Å². The van der Waals surface area contributed by atoms with Crippen LogP contribution in [0.15, 0.2) is 25.3 Å². The minimum absolute atomic E-state index is 0.0459. The lowest BCUT2D eigenvalue weighted by molar-refractivity contribution is -0.131. The summed E-state index contributed by atoms with van der Waals surface area (Å²) in [5.74, 6) is 0.0459.